The summed E-state index contributed by atoms with van der Waals surface area (Å²) in [5, 5.41) is 5.40. The lowest BCUT2D eigenvalue weighted by atomic mass is 10.1. The van der Waals surface area contributed by atoms with Gasteiger partial charge in [-0.3, -0.25) is 5.01 Å². The highest BCUT2D eigenvalue weighted by molar-refractivity contribution is 7.89. The van der Waals surface area contributed by atoms with Crippen LogP contribution in [-0.2, 0) is 10.0 Å². The van der Waals surface area contributed by atoms with E-state index >= 15 is 0 Å². The minimum absolute atomic E-state index is 0.262. The predicted octanol–water partition coefficient (Wildman–Crippen LogP) is 2.70. The van der Waals surface area contributed by atoms with E-state index in [1.807, 2.05) is 18.3 Å². The largest absolute Gasteiger partial charge is 0.493 e. The average molecular weight is 503 g/mol. The van der Waals surface area contributed by atoms with Crippen LogP contribution in [-0.4, -0.2) is 74.8 Å². The van der Waals surface area contributed by atoms with Crippen LogP contribution in [0.15, 0.2) is 51.4 Å². The lowest BCUT2D eigenvalue weighted by Gasteiger charge is -2.33. The second-order valence-electron chi connectivity index (χ2n) is 9.59. The van der Waals surface area contributed by atoms with E-state index in [2.05, 4.69) is 48.3 Å². The summed E-state index contributed by atoms with van der Waals surface area (Å²) >= 11 is 0. The van der Waals surface area contributed by atoms with Gasteiger partial charge in [0.05, 0.1) is 34.7 Å². The number of hydrogen-bond donors (Lipinski definition) is 2. The maximum absolute atomic E-state index is 13.5. The molecule has 2 N–H and O–H groups in total. The SMILES string of the molecule is CCCC1=C2NC(c3cc(S(=O)(=O)N4CCN(CC)CC4)ccc3OCC(C)C)=NC=C2N(C)N1. The van der Waals surface area contributed by atoms with Gasteiger partial charge in [-0.2, -0.15) is 4.31 Å². The molecular formula is C25H38N6O3S. The number of fused-ring (bicyclic) bond motifs is 1. The fourth-order valence-corrected chi connectivity index (χ4v) is 5.90. The van der Waals surface area contributed by atoms with Gasteiger partial charge in [0.1, 0.15) is 17.3 Å². The maximum atomic E-state index is 13.5. The first-order chi connectivity index (χ1) is 16.7. The van der Waals surface area contributed by atoms with Crippen molar-refractivity contribution >= 4 is 15.9 Å². The third kappa shape index (κ3) is 5.34. The first-order valence-electron chi connectivity index (χ1n) is 12.5. The molecule has 9 nitrogen and oxygen atoms in total. The summed E-state index contributed by atoms with van der Waals surface area (Å²) < 4.78 is 34.7. The summed E-state index contributed by atoms with van der Waals surface area (Å²) in [7, 11) is -1.67. The van der Waals surface area contributed by atoms with Crippen molar-refractivity contribution in [3.05, 3.63) is 47.1 Å². The third-order valence-corrected chi connectivity index (χ3v) is 8.37. The molecule has 0 bridgehead atoms. The number of ether oxygens (including phenoxy) is 1. The lowest BCUT2D eigenvalue weighted by Crippen LogP contribution is -2.48. The number of allylic oxidation sites excluding steroid dienone is 1. The van der Waals surface area contributed by atoms with E-state index in [1.165, 1.54) is 0 Å². The van der Waals surface area contributed by atoms with Crippen LogP contribution in [0.3, 0.4) is 0 Å². The molecule has 3 heterocycles. The Morgan fingerprint density at radius 2 is 1.89 bits per heavy atom. The standard InChI is InChI=1S/C25H38N6O3S/c1-6-8-21-24-22(29(5)28-21)16-26-25(27-24)20-15-19(9-10-23(20)34-17-18(3)4)35(32,33)31-13-11-30(7-2)12-14-31/h9-10,15-16,18,28H,6-8,11-14,17H2,1-5H3,(H,26,27). The maximum Gasteiger partial charge on any atom is 0.243 e. The minimum atomic E-state index is -3.63. The summed E-state index contributed by atoms with van der Waals surface area (Å²) in [4.78, 5) is 7.19. The van der Waals surface area contributed by atoms with Crippen LogP contribution in [0.1, 0.15) is 46.1 Å². The second kappa shape index (κ2) is 10.6. The number of nitrogens with one attached hydrogen (secondary N) is 2. The number of likely N-dealkylation sites (N-methyl/N-ethyl adjacent to an activating group) is 2. The van der Waals surface area contributed by atoms with E-state index in [0.717, 1.165) is 49.6 Å². The van der Waals surface area contributed by atoms with Gasteiger partial charge in [-0.15, -0.1) is 0 Å². The number of rotatable bonds is 9. The number of nitrogens with zero attached hydrogens (tertiary/aromatic N) is 4. The van der Waals surface area contributed by atoms with E-state index in [1.54, 1.807) is 22.5 Å². The van der Waals surface area contributed by atoms with Crippen LogP contribution in [0, 0.1) is 5.92 Å². The summed E-state index contributed by atoms with van der Waals surface area (Å²) in [6, 6.07) is 5.11. The van der Waals surface area contributed by atoms with Gasteiger partial charge < -0.3 is 20.4 Å². The van der Waals surface area contributed by atoms with Crippen molar-refractivity contribution in [3.63, 3.8) is 0 Å². The number of piperazine rings is 1. The zero-order valence-electron chi connectivity index (χ0n) is 21.5. The zero-order chi connectivity index (χ0) is 25.2. The molecule has 0 aliphatic carbocycles. The van der Waals surface area contributed by atoms with Crippen LogP contribution >= 0.6 is 0 Å². The molecule has 1 aromatic rings. The van der Waals surface area contributed by atoms with Crippen molar-refractivity contribution in [2.24, 2.45) is 10.9 Å². The van der Waals surface area contributed by atoms with E-state index < -0.39 is 10.0 Å². The van der Waals surface area contributed by atoms with Gasteiger partial charge >= 0.3 is 0 Å². The number of benzene rings is 1. The lowest BCUT2D eigenvalue weighted by molar-refractivity contribution is 0.196. The van der Waals surface area contributed by atoms with Crippen LogP contribution < -0.4 is 15.5 Å². The molecule has 1 aromatic carbocycles. The minimum Gasteiger partial charge on any atom is -0.493 e. The number of sulfonamides is 1. The average Bonchev–Trinajstić information content (AvgIpc) is 3.17. The molecule has 35 heavy (non-hydrogen) atoms. The molecule has 0 aromatic heterocycles. The van der Waals surface area contributed by atoms with Gasteiger partial charge in [0, 0.05) is 33.2 Å². The molecule has 1 saturated heterocycles. The Labute approximate surface area is 209 Å². The third-order valence-electron chi connectivity index (χ3n) is 6.48. The molecule has 0 radical (unpaired) electrons. The summed E-state index contributed by atoms with van der Waals surface area (Å²) in [5.74, 6) is 1.54. The van der Waals surface area contributed by atoms with Crippen LogP contribution in [0.25, 0.3) is 0 Å². The highest BCUT2D eigenvalue weighted by atomic mass is 32.2. The van der Waals surface area contributed by atoms with Crippen LogP contribution in [0.5, 0.6) is 5.75 Å². The molecule has 3 aliphatic heterocycles. The van der Waals surface area contributed by atoms with Gasteiger partial charge in [0.2, 0.25) is 10.0 Å². The molecule has 0 amide bonds. The smallest absolute Gasteiger partial charge is 0.243 e. The highest BCUT2D eigenvalue weighted by Gasteiger charge is 2.31. The molecule has 0 spiro atoms. The van der Waals surface area contributed by atoms with Crippen molar-refractivity contribution in [2.75, 3.05) is 46.4 Å². The topological polar surface area (TPSA) is 89.5 Å². The Balaban J connectivity index is 1.70. The summed E-state index contributed by atoms with van der Waals surface area (Å²) in [6.07, 6.45) is 3.71. The first-order valence-corrected chi connectivity index (χ1v) is 14.0. The Morgan fingerprint density at radius 1 is 1.14 bits per heavy atom. The number of hydrazine groups is 1. The summed E-state index contributed by atoms with van der Waals surface area (Å²) in [6.45, 7) is 12.3. The molecule has 0 unspecified atom stereocenters. The Bertz CT molecular complexity index is 1130. The normalized spacial score (nSPS) is 19.3. The molecule has 0 atom stereocenters. The van der Waals surface area contributed by atoms with Crippen molar-refractivity contribution in [2.45, 2.75) is 45.4 Å². The van der Waals surface area contributed by atoms with E-state index in [4.69, 9.17) is 4.74 Å². The second-order valence-corrected chi connectivity index (χ2v) is 11.5. The van der Waals surface area contributed by atoms with Crippen molar-refractivity contribution in [3.8, 4) is 5.75 Å². The molecular weight excluding hydrogens is 464 g/mol. The number of aliphatic imine (C=N–C) groups is 1. The van der Waals surface area contributed by atoms with E-state index in [0.29, 0.717) is 42.8 Å². The molecule has 0 saturated carbocycles. The Hall–Kier alpha value is -2.56. The van der Waals surface area contributed by atoms with Gasteiger partial charge in [0.15, 0.2) is 0 Å². The first kappa shape index (κ1) is 25.5. The van der Waals surface area contributed by atoms with Gasteiger partial charge in [-0.25, -0.2) is 13.4 Å². The molecule has 4 rings (SSSR count). The quantitative estimate of drug-likeness (QED) is 0.537. The molecule has 192 valence electrons. The monoisotopic (exact) mass is 502 g/mol. The summed E-state index contributed by atoms with van der Waals surface area (Å²) in [5.41, 5.74) is 7.05. The van der Waals surface area contributed by atoms with Gasteiger partial charge in [0.25, 0.3) is 0 Å². The van der Waals surface area contributed by atoms with Gasteiger partial charge in [-0.05, 0) is 37.1 Å². The van der Waals surface area contributed by atoms with Crippen molar-refractivity contribution in [1.29, 1.82) is 0 Å². The van der Waals surface area contributed by atoms with E-state index in [-0.39, 0.29) is 4.90 Å². The zero-order valence-corrected chi connectivity index (χ0v) is 22.3. The van der Waals surface area contributed by atoms with Crippen LogP contribution in [0.4, 0.5) is 0 Å². The Morgan fingerprint density at radius 3 is 2.54 bits per heavy atom. The molecule has 10 heteroatoms. The van der Waals surface area contributed by atoms with Crippen molar-refractivity contribution in [1.82, 2.24) is 25.0 Å². The fourth-order valence-electron chi connectivity index (χ4n) is 4.45. The highest BCUT2D eigenvalue weighted by Crippen LogP contribution is 2.31. The van der Waals surface area contributed by atoms with Crippen LogP contribution in [0.2, 0.25) is 0 Å². The predicted molar refractivity (Wildman–Crippen MR) is 138 cm³/mol. The fraction of sp³-hybridized carbons (Fsp3) is 0.560. The Kier molecular flexibility index (Phi) is 7.73. The van der Waals surface area contributed by atoms with Crippen molar-refractivity contribution < 1.29 is 13.2 Å². The van der Waals surface area contributed by atoms with Gasteiger partial charge in [-0.1, -0.05) is 34.1 Å². The number of amidine groups is 1. The number of hydrogen-bond acceptors (Lipinski definition) is 8. The molecule has 3 aliphatic rings. The molecule has 1 fully saturated rings. The van der Waals surface area contributed by atoms with E-state index in [9.17, 15) is 8.42 Å².